The molecular formula is C14H17ClN4OS. The highest BCUT2D eigenvalue weighted by atomic mass is 35.5. The third kappa shape index (κ3) is 3.86. The molecule has 0 atom stereocenters. The fourth-order valence-corrected chi connectivity index (χ4v) is 2.77. The first-order valence-corrected chi connectivity index (χ1v) is 7.77. The summed E-state index contributed by atoms with van der Waals surface area (Å²) in [6.07, 6.45) is 0.872. The summed E-state index contributed by atoms with van der Waals surface area (Å²) in [4.78, 5) is 12.1. The lowest BCUT2D eigenvalue weighted by molar-refractivity contribution is 0.0950. The number of nitrogens with zero attached hydrogens (tertiary/aromatic N) is 2. The molecule has 21 heavy (non-hydrogen) atoms. The Kier molecular flexibility index (Phi) is 5.41. The largest absolute Gasteiger partial charge is 0.351 e. The maximum atomic E-state index is 12.1. The van der Waals surface area contributed by atoms with Gasteiger partial charge >= 0.3 is 0 Å². The Hall–Kier alpha value is -1.79. The molecule has 1 heterocycles. The van der Waals surface area contributed by atoms with Crippen molar-refractivity contribution in [3.05, 3.63) is 40.4 Å². The first-order valence-electron chi connectivity index (χ1n) is 6.62. The fourth-order valence-electron chi connectivity index (χ4n) is 1.79. The minimum Gasteiger partial charge on any atom is -0.351 e. The summed E-state index contributed by atoms with van der Waals surface area (Å²) in [7, 11) is 1.80. The zero-order valence-corrected chi connectivity index (χ0v) is 13.5. The van der Waals surface area contributed by atoms with E-state index in [1.165, 1.54) is 0 Å². The predicted octanol–water partition coefficient (Wildman–Crippen LogP) is 3.40. The van der Waals surface area contributed by atoms with Crippen LogP contribution in [0.25, 0.3) is 0 Å². The van der Waals surface area contributed by atoms with Crippen molar-refractivity contribution < 1.29 is 4.79 Å². The smallest absolute Gasteiger partial charge is 0.273 e. The van der Waals surface area contributed by atoms with Gasteiger partial charge in [0.15, 0.2) is 5.69 Å². The molecule has 0 saturated carbocycles. The van der Waals surface area contributed by atoms with E-state index in [0.717, 1.165) is 23.6 Å². The van der Waals surface area contributed by atoms with Crippen LogP contribution < -0.4 is 15.8 Å². The Balaban J connectivity index is 2.18. The molecule has 0 saturated heterocycles. The van der Waals surface area contributed by atoms with Gasteiger partial charge in [-0.2, -0.15) is 4.37 Å². The van der Waals surface area contributed by atoms with E-state index < -0.39 is 0 Å². The first kappa shape index (κ1) is 15.6. The predicted molar refractivity (Wildman–Crippen MR) is 88.2 cm³/mol. The Morgan fingerprint density at radius 2 is 2.10 bits per heavy atom. The minimum atomic E-state index is -0.211. The van der Waals surface area contributed by atoms with Gasteiger partial charge in [-0.15, -0.1) is 0 Å². The molecule has 7 heteroatoms. The van der Waals surface area contributed by atoms with Crippen LogP contribution in [0.1, 0.15) is 23.8 Å². The van der Waals surface area contributed by atoms with Crippen molar-refractivity contribution in [2.75, 3.05) is 24.0 Å². The van der Waals surface area contributed by atoms with Crippen LogP contribution >= 0.6 is 23.1 Å². The van der Waals surface area contributed by atoms with E-state index in [0.29, 0.717) is 22.3 Å². The molecule has 0 aliphatic carbocycles. The standard InChI is InChI=1S/C14H17ClN4OS/c1-3-9-16-14(20)11-12(13(15)21-18-11)19(2)17-10-7-5-4-6-8-10/h4-8,17H,3,9H2,1-2H3,(H,16,20). The zero-order valence-electron chi connectivity index (χ0n) is 11.9. The van der Waals surface area contributed by atoms with Gasteiger partial charge in [0.1, 0.15) is 10.0 Å². The van der Waals surface area contributed by atoms with Crippen molar-refractivity contribution in [2.45, 2.75) is 13.3 Å². The average molecular weight is 325 g/mol. The van der Waals surface area contributed by atoms with Gasteiger partial charge in [-0.3, -0.25) is 15.2 Å². The summed E-state index contributed by atoms with van der Waals surface area (Å²) in [5.41, 5.74) is 5.00. The SMILES string of the molecule is CCCNC(=O)c1nsc(Cl)c1N(C)Nc1ccccc1. The minimum absolute atomic E-state index is 0.211. The van der Waals surface area contributed by atoms with Gasteiger partial charge < -0.3 is 5.32 Å². The number of rotatable bonds is 6. The molecular weight excluding hydrogens is 308 g/mol. The lowest BCUT2D eigenvalue weighted by Gasteiger charge is -2.21. The number of hydrazine groups is 1. The summed E-state index contributed by atoms with van der Waals surface area (Å²) in [5.74, 6) is -0.211. The van der Waals surface area contributed by atoms with E-state index in [9.17, 15) is 4.79 Å². The van der Waals surface area contributed by atoms with Crippen molar-refractivity contribution >= 4 is 40.4 Å². The second kappa shape index (κ2) is 7.28. The number of benzene rings is 1. The Labute approximate surface area is 133 Å². The fraction of sp³-hybridized carbons (Fsp3) is 0.286. The number of anilines is 2. The zero-order chi connectivity index (χ0) is 15.2. The summed E-state index contributed by atoms with van der Waals surface area (Å²) in [6, 6.07) is 9.66. The highest BCUT2D eigenvalue weighted by Gasteiger charge is 2.22. The van der Waals surface area contributed by atoms with Gasteiger partial charge in [0.25, 0.3) is 5.91 Å². The Morgan fingerprint density at radius 3 is 2.76 bits per heavy atom. The van der Waals surface area contributed by atoms with Crippen molar-refractivity contribution in [1.29, 1.82) is 0 Å². The first-order chi connectivity index (χ1) is 10.1. The second-order valence-corrected chi connectivity index (χ2v) is 5.82. The molecule has 5 nitrogen and oxygen atoms in total. The van der Waals surface area contributed by atoms with Crippen LogP contribution in [-0.2, 0) is 0 Å². The maximum Gasteiger partial charge on any atom is 0.273 e. The van der Waals surface area contributed by atoms with Crippen molar-refractivity contribution in [1.82, 2.24) is 9.69 Å². The average Bonchev–Trinajstić information content (AvgIpc) is 2.87. The molecule has 0 fully saturated rings. The molecule has 0 spiro atoms. The van der Waals surface area contributed by atoms with Crippen molar-refractivity contribution in [3.8, 4) is 0 Å². The summed E-state index contributed by atoms with van der Waals surface area (Å²) in [6.45, 7) is 2.61. The Bertz CT molecular complexity index is 602. The lowest BCUT2D eigenvalue weighted by atomic mass is 10.3. The van der Waals surface area contributed by atoms with Gasteiger partial charge in [0.2, 0.25) is 0 Å². The number of hydrogen-bond donors (Lipinski definition) is 2. The monoisotopic (exact) mass is 324 g/mol. The number of para-hydroxylation sites is 1. The second-order valence-electron chi connectivity index (χ2n) is 4.45. The molecule has 0 unspecified atom stereocenters. The highest BCUT2D eigenvalue weighted by Crippen LogP contribution is 2.33. The molecule has 0 bridgehead atoms. The van der Waals surface area contributed by atoms with Gasteiger partial charge in [0.05, 0.1) is 5.69 Å². The topological polar surface area (TPSA) is 57.3 Å². The number of nitrogens with one attached hydrogen (secondary N) is 2. The van der Waals surface area contributed by atoms with Gasteiger partial charge in [0, 0.05) is 13.6 Å². The van der Waals surface area contributed by atoms with Crippen LogP contribution in [0.15, 0.2) is 30.3 Å². The number of carbonyl (C=O) groups is 1. The van der Waals surface area contributed by atoms with Crippen LogP contribution in [-0.4, -0.2) is 23.9 Å². The lowest BCUT2D eigenvalue weighted by Crippen LogP contribution is -2.30. The van der Waals surface area contributed by atoms with E-state index in [-0.39, 0.29) is 5.91 Å². The molecule has 1 aromatic heterocycles. The molecule has 0 aliphatic rings. The van der Waals surface area contributed by atoms with E-state index >= 15 is 0 Å². The molecule has 112 valence electrons. The molecule has 0 aliphatic heterocycles. The van der Waals surface area contributed by atoms with Crippen LogP contribution in [0.3, 0.4) is 0 Å². The van der Waals surface area contributed by atoms with E-state index in [1.807, 2.05) is 37.3 Å². The molecule has 0 radical (unpaired) electrons. The van der Waals surface area contributed by atoms with Crippen LogP contribution in [0.2, 0.25) is 4.34 Å². The molecule has 2 aromatic rings. The number of hydrogen-bond acceptors (Lipinski definition) is 5. The van der Waals surface area contributed by atoms with Crippen molar-refractivity contribution in [2.24, 2.45) is 0 Å². The summed E-state index contributed by atoms with van der Waals surface area (Å²) in [5, 5.41) is 4.52. The molecule has 2 rings (SSSR count). The Morgan fingerprint density at radius 1 is 1.38 bits per heavy atom. The summed E-state index contributed by atoms with van der Waals surface area (Å²) < 4.78 is 4.62. The van der Waals surface area contributed by atoms with E-state index in [2.05, 4.69) is 15.1 Å². The maximum absolute atomic E-state index is 12.1. The van der Waals surface area contributed by atoms with Crippen LogP contribution in [0.4, 0.5) is 11.4 Å². The summed E-state index contributed by atoms with van der Waals surface area (Å²) >= 11 is 7.28. The highest BCUT2D eigenvalue weighted by molar-refractivity contribution is 7.11. The van der Waals surface area contributed by atoms with Crippen LogP contribution in [0, 0.1) is 0 Å². The third-order valence-electron chi connectivity index (χ3n) is 2.78. The number of halogens is 1. The number of aromatic nitrogens is 1. The van der Waals surface area contributed by atoms with E-state index in [4.69, 9.17) is 11.6 Å². The number of amides is 1. The van der Waals surface area contributed by atoms with Crippen molar-refractivity contribution in [3.63, 3.8) is 0 Å². The van der Waals surface area contributed by atoms with E-state index in [1.54, 1.807) is 12.1 Å². The van der Waals surface area contributed by atoms with Gasteiger partial charge in [-0.25, -0.2) is 0 Å². The van der Waals surface area contributed by atoms with Gasteiger partial charge in [-0.05, 0) is 30.1 Å². The normalized spacial score (nSPS) is 10.2. The third-order valence-corrected chi connectivity index (χ3v) is 3.80. The molecule has 1 amide bonds. The van der Waals surface area contributed by atoms with Gasteiger partial charge in [-0.1, -0.05) is 36.7 Å². The quantitative estimate of drug-likeness (QED) is 0.800. The molecule has 2 N–H and O–H groups in total. The van der Waals surface area contributed by atoms with Crippen LogP contribution in [0.5, 0.6) is 0 Å². The molecule has 1 aromatic carbocycles. The number of carbonyl (C=O) groups excluding carboxylic acids is 1.